The van der Waals surface area contributed by atoms with E-state index >= 15 is 0 Å². The monoisotopic (exact) mass is 385 g/mol. The molecule has 3 heterocycles. The standard InChI is InChI=1S/C21H31N5S/c1-4-22-20(24-16-21(2,3)18-8-7-15-27-18)25-17-10-13-26(14-11-17)19-9-5-6-12-23-19/h5-9,12,15,17H,4,10-11,13-14,16H2,1-3H3,(H2,22,24,25). The third-order valence-electron chi connectivity index (χ3n) is 4.97. The number of guanidine groups is 1. The number of piperidine rings is 1. The van der Waals surface area contributed by atoms with Gasteiger partial charge in [-0.3, -0.25) is 4.99 Å². The van der Waals surface area contributed by atoms with Gasteiger partial charge in [0.05, 0.1) is 6.54 Å². The third kappa shape index (κ3) is 5.45. The number of pyridine rings is 1. The summed E-state index contributed by atoms with van der Waals surface area (Å²) in [5.74, 6) is 2.01. The Balaban J connectivity index is 1.55. The summed E-state index contributed by atoms with van der Waals surface area (Å²) in [6, 6.07) is 10.9. The van der Waals surface area contributed by atoms with Crippen LogP contribution in [0.1, 0.15) is 38.5 Å². The summed E-state index contributed by atoms with van der Waals surface area (Å²) in [4.78, 5) is 13.1. The van der Waals surface area contributed by atoms with E-state index in [1.54, 1.807) is 0 Å². The van der Waals surface area contributed by atoms with Crippen molar-refractivity contribution in [3.63, 3.8) is 0 Å². The van der Waals surface area contributed by atoms with Crippen LogP contribution in [0.4, 0.5) is 5.82 Å². The summed E-state index contributed by atoms with van der Waals surface area (Å²) in [7, 11) is 0. The van der Waals surface area contributed by atoms with E-state index in [-0.39, 0.29) is 5.41 Å². The summed E-state index contributed by atoms with van der Waals surface area (Å²) < 4.78 is 0. The number of thiophene rings is 1. The average Bonchev–Trinajstić information content (AvgIpc) is 3.24. The van der Waals surface area contributed by atoms with Crippen LogP contribution >= 0.6 is 11.3 Å². The molecule has 2 aromatic heterocycles. The maximum atomic E-state index is 4.89. The van der Waals surface area contributed by atoms with Gasteiger partial charge in [-0.25, -0.2) is 4.98 Å². The fraction of sp³-hybridized carbons (Fsp3) is 0.524. The fourth-order valence-electron chi connectivity index (χ4n) is 3.33. The maximum absolute atomic E-state index is 4.89. The van der Waals surface area contributed by atoms with Crippen LogP contribution in [-0.4, -0.2) is 43.2 Å². The normalized spacial score (nSPS) is 16.4. The highest BCUT2D eigenvalue weighted by molar-refractivity contribution is 7.10. The zero-order chi connectivity index (χ0) is 19.1. The molecule has 1 aliphatic heterocycles. The summed E-state index contributed by atoms with van der Waals surface area (Å²) in [6.07, 6.45) is 4.05. The molecule has 0 spiro atoms. The van der Waals surface area contributed by atoms with Crippen LogP contribution in [0, 0.1) is 0 Å². The predicted molar refractivity (Wildman–Crippen MR) is 116 cm³/mol. The Morgan fingerprint density at radius 1 is 1.26 bits per heavy atom. The van der Waals surface area contributed by atoms with Crippen LogP contribution in [0.3, 0.4) is 0 Å². The highest BCUT2D eigenvalue weighted by Gasteiger charge is 2.23. The molecule has 0 amide bonds. The second-order valence-corrected chi connectivity index (χ2v) is 8.60. The zero-order valence-electron chi connectivity index (χ0n) is 16.6. The van der Waals surface area contributed by atoms with Crippen LogP contribution in [0.2, 0.25) is 0 Å². The van der Waals surface area contributed by atoms with E-state index in [1.807, 2.05) is 23.6 Å². The van der Waals surface area contributed by atoms with E-state index in [2.05, 4.69) is 70.9 Å². The molecule has 0 bridgehead atoms. The molecule has 2 N–H and O–H groups in total. The van der Waals surface area contributed by atoms with Gasteiger partial charge in [0, 0.05) is 42.2 Å². The summed E-state index contributed by atoms with van der Waals surface area (Å²) >= 11 is 1.81. The molecule has 2 aromatic rings. The van der Waals surface area contributed by atoms with E-state index in [1.165, 1.54) is 4.88 Å². The van der Waals surface area contributed by atoms with Gasteiger partial charge < -0.3 is 15.5 Å². The van der Waals surface area contributed by atoms with Crippen molar-refractivity contribution < 1.29 is 0 Å². The lowest BCUT2D eigenvalue weighted by atomic mass is 9.92. The molecule has 1 aliphatic rings. The first-order valence-corrected chi connectivity index (χ1v) is 10.7. The van der Waals surface area contributed by atoms with Gasteiger partial charge in [0.1, 0.15) is 5.82 Å². The van der Waals surface area contributed by atoms with Crippen molar-refractivity contribution in [1.29, 1.82) is 0 Å². The predicted octanol–water partition coefficient (Wildman–Crippen LogP) is 3.64. The quantitative estimate of drug-likeness (QED) is 0.589. The van der Waals surface area contributed by atoms with E-state index in [9.17, 15) is 0 Å². The van der Waals surface area contributed by atoms with Crippen molar-refractivity contribution in [3.8, 4) is 0 Å². The highest BCUT2D eigenvalue weighted by atomic mass is 32.1. The molecule has 146 valence electrons. The third-order valence-corrected chi connectivity index (χ3v) is 6.21. The summed E-state index contributed by atoms with van der Waals surface area (Å²) in [6.45, 7) is 10.3. The molecule has 0 aliphatic carbocycles. The fourth-order valence-corrected chi connectivity index (χ4v) is 4.17. The average molecular weight is 386 g/mol. The van der Waals surface area contributed by atoms with Gasteiger partial charge in [-0.2, -0.15) is 0 Å². The first-order valence-electron chi connectivity index (χ1n) is 9.83. The lowest BCUT2D eigenvalue weighted by Gasteiger charge is -2.34. The second kappa shape index (κ2) is 9.22. The molecule has 6 heteroatoms. The molecule has 0 saturated carbocycles. The number of rotatable bonds is 6. The molecule has 0 aromatic carbocycles. The van der Waals surface area contributed by atoms with Crippen molar-refractivity contribution in [2.75, 3.05) is 31.1 Å². The van der Waals surface area contributed by atoms with Crippen LogP contribution in [0.15, 0.2) is 46.9 Å². The van der Waals surface area contributed by atoms with E-state index in [0.29, 0.717) is 6.04 Å². The Labute approximate surface area is 166 Å². The first kappa shape index (κ1) is 19.7. The van der Waals surface area contributed by atoms with Crippen LogP contribution in [0.25, 0.3) is 0 Å². The molecule has 1 saturated heterocycles. The lowest BCUT2D eigenvalue weighted by Crippen LogP contribution is -2.49. The minimum atomic E-state index is 0.0544. The molecular formula is C21H31N5S. The SMILES string of the molecule is CCNC(=NCC(C)(C)c1cccs1)NC1CCN(c2ccccn2)CC1. The molecule has 1 fully saturated rings. The lowest BCUT2D eigenvalue weighted by molar-refractivity contribution is 0.458. The van der Waals surface area contributed by atoms with E-state index in [4.69, 9.17) is 4.99 Å². The molecule has 5 nitrogen and oxygen atoms in total. The van der Waals surface area contributed by atoms with Gasteiger partial charge in [-0.05, 0) is 43.3 Å². The second-order valence-electron chi connectivity index (χ2n) is 7.65. The van der Waals surface area contributed by atoms with Gasteiger partial charge in [0.2, 0.25) is 0 Å². The Bertz CT molecular complexity index is 703. The first-order chi connectivity index (χ1) is 13.1. The smallest absolute Gasteiger partial charge is 0.191 e. The van der Waals surface area contributed by atoms with Gasteiger partial charge >= 0.3 is 0 Å². The summed E-state index contributed by atoms with van der Waals surface area (Å²) in [5, 5.41) is 9.19. The Morgan fingerprint density at radius 3 is 2.70 bits per heavy atom. The Morgan fingerprint density at radius 2 is 2.07 bits per heavy atom. The summed E-state index contributed by atoms with van der Waals surface area (Å²) in [5.41, 5.74) is 0.0544. The van der Waals surface area contributed by atoms with E-state index in [0.717, 1.165) is 50.8 Å². The molecule has 3 rings (SSSR count). The Hall–Kier alpha value is -2.08. The van der Waals surface area contributed by atoms with Crippen molar-refractivity contribution in [2.24, 2.45) is 4.99 Å². The largest absolute Gasteiger partial charge is 0.357 e. The minimum absolute atomic E-state index is 0.0544. The van der Waals surface area contributed by atoms with E-state index < -0.39 is 0 Å². The maximum Gasteiger partial charge on any atom is 0.191 e. The molecule has 0 atom stereocenters. The van der Waals surface area contributed by atoms with Crippen molar-refractivity contribution in [3.05, 3.63) is 46.8 Å². The highest BCUT2D eigenvalue weighted by Crippen LogP contribution is 2.27. The Kier molecular flexibility index (Phi) is 6.72. The zero-order valence-corrected chi connectivity index (χ0v) is 17.4. The number of nitrogens with one attached hydrogen (secondary N) is 2. The van der Waals surface area contributed by atoms with Crippen molar-refractivity contribution >= 4 is 23.1 Å². The number of aromatic nitrogens is 1. The molecule has 27 heavy (non-hydrogen) atoms. The number of anilines is 1. The molecular weight excluding hydrogens is 354 g/mol. The topological polar surface area (TPSA) is 52.6 Å². The number of hydrogen-bond acceptors (Lipinski definition) is 4. The number of hydrogen-bond donors (Lipinski definition) is 2. The van der Waals surface area contributed by atoms with Crippen LogP contribution in [0.5, 0.6) is 0 Å². The number of aliphatic imine (C=N–C) groups is 1. The van der Waals surface area contributed by atoms with Crippen molar-refractivity contribution in [2.45, 2.75) is 45.1 Å². The molecule has 0 unspecified atom stereocenters. The minimum Gasteiger partial charge on any atom is -0.357 e. The van der Waals surface area contributed by atoms with Gasteiger partial charge in [-0.15, -0.1) is 11.3 Å². The molecule has 0 radical (unpaired) electrons. The van der Waals surface area contributed by atoms with Crippen LogP contribution in [-0.2, 0) is 5.41 Å². The van der Waals surface area contributed by atoms with Crippen LogP contribution < -0.4 is 15.5 Å². The van der Waals surface area contributed by atoms with Gasteiger partial charge in [0.25, 0.3) is 0 Å². The van der Waals surface area contributed by atoms with Gasteiger partial charge in [-0.1, -0.05) is 26.0 Å². The van der Waals surface area contributed by atoms with Gasteiger partial charge in [0.15, 0.2) is 5.96 Å². The number of nitrogens with zero attached hydrogens (tertiary/aromatic N) is 3. The van der Waals surface area contributed by atoms with Crippen molar-refractivity contribution in [1.82, 2.24) is 15.6 Å².